The summed E-state index contributed by atoms with van der Waals surface area (Å²) in [7, 11) is 0. The van der Waals surface area contributed by atoms with Gasteiger partial charge in [-0.25, -0.2) is 9.59 Å². The highest BCUT2D eigenvalue weighted by Crippen LogP contribution is 2.37. The van der Waals surface area contributed by atoms with E-state index in [-0.39, 0.29) is 17.5 Å². The highest BCUT2D eigenvalue weighted by atomic mass is 35.5. The smallest absolute Gasteiger partial charge is 0.398 e. The van der Waals surface area contributed by atoms with Gasteiger partial charge in [0.15, 0.2) is 0 Å². The van der Waals surface area contributed by atoms with Crippen LogP contribution in [0.15, 0.2) is 65.9 Å². The molecule has 0 spiro atoms. The van der Waals surface area contributed by atoms with E-state index >= 15 is 0 Å². The van der Waals surface area contributed by atoms with Gasteiger partial charge in [-0.1, -0.05) is 23.2 Å². The number of nitrogens with zero attached hydrogens (tertiary/aromatic N) is 3. The monoisotopic (exact) mass is 770 g/mol. The number of isocyanates is 1. The molecule has 6 rings (SSSR count). The summed E-state index contributed by atoms with van der Waals surface area (Å²) in [6, 6.07) is 8.71. The molecule has 276 valence electrons. The number of aryl methyl sites for hydroxylation is 2. The second-order valence-corrected chi connectivity index (χ2v) is 12.4. The molecular weight excluding hydrogens is 741 g/mol. The summed E-state index contributed by atoms with van der Waals surface area (Å²) in [6.45, 7) is 0. The van der Waals surface area contributed by atoms with E-state index in [1.165, 1.54) is 18.3 Å². The Kier molecular flexibility index (Phi) is 13.2. The second-order valence-electron chi connectivity index (χ2n) is 11.5. The van der Waals surface area contributed by atoms with E-state index < -0.39 is 45.7 Å². The lowest BCUT2D eigenvalue weighted by atomic mass is 9.92. The van der Waals surface area contributed by atoms with Crippen LogP contribution in [0.1, 0.15) is 46.5 Å². The Labute approximate surface area is 302 Å². The molecule has 0 bridgehead atoms. The van der Waals surface area contributed by atoms with Gasteiger partial charge in [-0.2, -0.15) is 31.3 Å². The maximum absolute atomic E-state index is 12.9. The van der Waals surface area contributed by atoms with Gasteiger partial charge in [0, 0.05) is 53.7 Å². The number of rotatable bonds is 3. The molecule has 0 saturated heterocycles. The van der Waals surface area contributed by atoms with Gasteiger partial charge in [-0.05, 0) is 85.3 Å². The summed E-state index contributed by atoms with van der Waals surface area (Å²) >= 11 is 10.9. The minimum atomic E-state index is -4.62. The molecule has 0 aliphatic heterocycles. The number of hydrogen-bond donors (Lipinski definition) is 5. The molecule has 10 nitrogen and oxygen atoms in total. The molecule has 4 aromatic rings. The zero-order chi connectivity index (χ0) is 38.2. The molecule has 2 aromatic heterocycles. The van der Waals surface area contributed by atoms with Crippen LogP contribution in [0.2, 0.25) is 10.0 Å². The molecule has 6 N–H and O–H groups in total. The van der Waals surface area contributed by atoms with Gasteiger partial charge in [0.05, 0.1) is 39.1 Å². The van der Waals surface area contributed by atoms with Gasteiger partial charge in [0.1, 0.15) is 0 Å². The molecular formula is C34H30Cl2F6N6O4. The number of fused-ring (bicyclic) bond motifs is 2. The number of hydrogen-bond acceptors (Lipinski definition) is 8. The van der Waals surface area contributed by atoms with Gasteiger partial charge in [-0.15, -0.1) is 0 Å². The summed E-state index contributed by atoms with van der Waals surface area (Å²) in [5.74, 6) is 0. The Morgan fingerprint density at radius 3 is 1.94 bits per heavy atom. The molecule has 2 aliphatic rings. The normalized spacial score (nSPS) is 16.3. The van der Waals surface area contributed by atoms with Crippen LogP contribution in [0.3, 0.4) is 0 Å². The molecule has 18 heteroatoms. The van der Waals surface area contributed by atoms with Crippen LogP contribution in [0.5, 0.6) is 0 Å². The first-order valence-electron chi connectivity index (χ1n) is 15.4. The third kappa shape index (κ3) is 10.9. The lowest BCUT2D eigenvalue weighted by Gasteiger charge is -2.22. The van der Waals surface area contributed by atoms with Gasteiger partial charge in [0.2, 0.25) is 6.08 Å². The zero-order valence-corrected chi connectivity index (χ0v) is 28.3. The molecule has 2 aliphatic carbocycles. The Hall–Kier alpha value is -4.73. The van der Waals surface area contributed by atoms with Crippen LogP contribution in [-0.4, -0.2) is 44.5 Å². The maximum Gasteiger partial charge on any atom is 0.417 e. The Morgan fingerprint density at radius 2 is 1.35 bits per heavy atom. The molecule has 2 amide bonds. The fourth-order valence-electron chi connectivity index (χ4n) is 5.34. The van der Waals surface area contributed by atoms with E-state index in [0.29, 0.717) is 37.4 Å². The number of aliphatic hydroxyl groups is 2. The largest absolute Gasteiger partial charge is 0.417 e. The van der Waals surface area contributed by atoms with Crippen molar-refractivity contribution in [3.63, 3.8) is 0 Å². The number of aliphatic imine (C=N–C) groups is 1. The average Bonchev–Trinajstić information content (AvgIpc) is 3.07. The molecule has 52 heavy (non-hydrogen) atoms. The van der Waals surface area contributed by atoms with E-state index in [9.17, 15) is 46.1 Å². The predicted octanol–water partition coefficient (Wildman–Crippen LogP) is 8.09. The van der Waals surface area contributed by atoms with E-state index in [1.54, 1.807) is 18.3 Å². The average molecular weight is 772 g/mol. The Bertz CT molecular complexity index is 1960. The highest BCUT2D eigenvalue weighted by Gasteiger charge is 2.34. The van der Waals surface area contributed by atoms with E-state index in [0.717, 1.165) is 65.3 Å². The number of nitrogens with one attached hydrogen (secondary N) is 2. The van der Waals surface area contributed by atoms with Crippen molar-refractivity contribution >= 4 is 58.1 Å². The highest BCUT2D eigenvalue weighted by molar-refractivity contribution is 6.31. The van der Waals surface area contributed by atoms with Crippen molar-refractivity contribution in [3.05, 3.63) is 105 Å². The number of aromatic nitrogens is 2. The Balaban J connectivity index is 0.000000195. The summed E-state index contributed by atoms with van der Waals surface area (Å²) in [6.07, 6.45) is -1.63. The minimum Gasteiger partial charge on any atom is -0.398 e. The van der Waals surface area contributed by atoms with Crippen LogP contribution in [0, 0.1) is 0 Å². The Morgan fingerprint density at radius 1 is 0.808 bits per heavy atom. The SMILES string of the molecule is Nc1ccnc2c1CC(O)CC2.O=C(Nc1ccc(Cl)c(C(F)(F)F)c1)Nc1ccnc2c1CC(O)CC2.O=C=Nc1ccc(Cl)c(C(F)(F)F)c1. The number of pyridine rings is 2. The van der Waals surface area contributed by atoms with Crippen LogP contribution < -0.4 is 16.4 Å². The first-order valence-corrected chi connectivity index (χ1v) is 16.2. The van der Waals surface area contributed by atoms with Crippen molar-refractivity contribution in [1.29, 1.82) is 0 Å². The van der Waals surface area contributed by atoms with Crippen LogP contribution in [0.25, 0.3) is 0 Å². The van der Waals surface area contributed by atoms with Crippen LogP contribution in [-0.2, 0) is 42.8 Å². The molecule has 0 radical (unpaired) electrons. The van der Waals surface area contributed by atoms with Gasteiger partial charge in [0.25, 0.3) is 0 Å². The van der Waals surface area contributed by atoms with E-state index in [1.807, 2.05) is 0 Å². The first kappa shape index (κ1) is 40.0. The first-order chi connectivity index (χ1) is 24.5. The fourth-order valence-corrected chi connectivity index (χ4v) is 5.79. The lowest BCUT2D eigenvalue weighted by Crippen LogP contribution is -2.25. The molecule has 2 aromatic carbocycles. The maximum atomic E-state index is 12.9. The van der Waals surface area contributed by atoms with Crippen LogP contribution >= 0.6 is 23.2 Å². The van der Waals surface area contributed by atoms with E-state index in [2.05, 4.69) is 25.6 Å². The van der Waals surface area contributed by atoms with Crippen molar-refractivity contribution in [2.45, 2.75) is 63.1 Å². The zero-order valence-electron chi connectivity index (χ0n) is 26.8. The second kappa shape index (κ2) is 17.2. The van der Waals surface area contributed by atoms with Crippen molar-refractivity contribution < 1.29 is 46.1 Å². The summed E-state index contributed by atoms with van der Waals surface area (Å²) in [5, 5.41) is 23.3. The number of anilines is 3. The predicted molar refractivity (Wildman–Crippen MR) is 182 cm³/mol. The van der Waals surface area contributed by atoms with Gasteiger partial charge < -0.3 is 26.6 Å². The lowest BCUT2D eigenvalue weighted by molar-refractivity contribution is -0.138. The quantitative estimate of drug-likeness (QED) is 0.0799. The number of halogens is 8. The number of carbonyl (C=O) groups is 1. The minimum absolute atomic E-state index is 0.0396. The van der Waals surface area contributed by atoms with Gasteiger partial charge in [-0.3, -0.25) is 9.97 Å². The summed E-state index contributed by atoms with van der Waals surface area (Å²) in [5.41, 5.74) is 8.39. The number of amides is 2. The summed E-state index contributed by atoms with van der Waals surface area (Å²) < 4.78 is 75.4. The number of nitrogen functional groups attached to an aromatic ring is 1. The number of nitrogens with two attached hydrogens (primary N) is 1. The van der Waals surface area contributed by atoms with Crippen molar-refractivity contribution in [1.82, 2.24) is 9.97 Å². The summed E-state index contributed by atoms with van der Waals surface area (Å²) in [4.78, 5) is 33.5. The third-order valence-corrected chi connectivity index (χ3v) is 8.50. The van der Waals surface area contributed by atoms with Gasteiger partial charge >= 0.3 is 18.4 Å². The number of carbonyl (C=O) groups excluding carboxylic acids is 2. The standard InChI is InChI=1S/C17H15ClF3N3O2.C9H12N2O.C8H3ClF3NO/c18-13-3-1-9(7-12(13)17(19,20)21)23-16(26)24-15-5-6-22-14-4-2-10(25)8-11(14)15;10-8-3-4-11-9-2-1-6(12)5-7(8)9;9-7-2-1-5(13-4-14)3-6(7)8(10,11)12/h1,3,5-7,10,25H,2,4,8H2,(H2,22,23,24,26);3-4,6,12H,1-2,5H2,(H2,10,11);1-3H. The number of aliphatic hydroxyl groups excluding tert-OH is 2. The topological polar surface area (TPSA) is 163 Å². The number of benzene rings is 2. The van der Waals surface area contributed by atoms with E-state index in [4.69, 9.17) is 28.9 Å². The molecule has 2 heterocycles. The number of alkyl halides is 6. The molecule has 2 unspecified atom stereocenters. The van der Waals surface area contributed by atoms with Crippen molar-refractivity contribution in [3.8, 4) is 0 Å². The molecule has 2 atom stereocenters. The fraction of sp³-hybridized carbons (Fsp3) is 0.294. The van der Waals surface area contributed by atoms with Crippen LogP contribution in [0.4, 0.5) is 53.9 Å². The van der Waals surface area contributed by atoms with Crippen molar-refractivity contribution in [2.24, 2.45) is 4.99 Å². The third-order valence-electron chi connectivity index (χ3n) is 7.84. The molecule has 0 fully saturated rings. The number of urea groups is 1. The molecule has 0 saturated carbocycles. The van der Waals surface area contributed by atoms with Crippen molar-refractivity contribution in [2.75, 3.05) is 16.4 Å².